The Morgan fingerprint density at radius 2 is 2.14 bits per heavy atom. The molecule has 1 aliphatic heterocycles. The van der Waals surface area contributed by atoms with Gasteiger partial charge in [-0.1, -0.05) is 6.07 Å². The average molecular weight is 302 g/mol. The van der Waals surface area contributed by atoms with Crippen molar-refractivity contribution in [2.24, 2.45) is 0 Å². The van der Waals surface area contributed by atoms with Gasteiger partial charge in [0.25, 0.3) is 5.91 Å². The number of hydrogen-bond donors (Lipinski definition) is 1. The van der Waals surface area contributed by atoms with Crippen LogP contribution < -0.4 is 24.3 Å². The first-order valence-corrected chi connectivity index (χ1v) is 6.68. The van der Waals surface area contributed by atoms with Gasteiger partial charge in [-0.3, -0.25) is 4.79 Å². The van der Waals surface area contributed by atoms with Crippen LogP contribution in [-0.2, 0) is 11.3 Å². The number of aromatic nitrogens is 1. The molecule has 0 bridgehead atoms. The molecule has 0 spiro atoms. The minimum absolute atomic E-state index is 0.0840. The van der Waals surface area contributed by atoms with Gasteiger partial charge in [-0.25, -0.2) is 0 Å². The third-order valence-electron chi connectivity index (χ3n) is 3.07. The Labute approximate surface area is 126 Å². The number of pyridine rings is 1. The lowest BCUT2D eigenvalue weighted by Crippen LogP contribution is -2.33. The van der Waals surface area contributed by atoms with Crippen LogP contribution in [0.25, 0.3) is 0 Å². The summed E-state index contributed by atoms with van der Waals surface area (Å²) >= 11 is 0. The third-order valence-corrected chi connectivity index (χ3v) is 3.07. The summed E-state index contributed by atoms with van der Waals surface area (Å²) in [5.41, 5.74) is 0.885. The number of amides is 1. The Kier molecular flexibility index (Phi) is 3.95. The van der Waals surface area contributed by atoms with Crippen LogP contribution in [-0.4, -0.2) is 19.3 Å². The molecule has 114 valence electrons. The lowest BCUT2D eigenvalue weighted by atomic mass is 10.2. The van der Waals surface area contributed by atoms with Gasteiger partial charge in [-0.15, -0.1) is 4.73 Å². The molecule has 1 amide bonds. The molecule has 0 saturated carbocycles. The van der Waals surface area contributed by atoms with E-state index in [1.54, 1.807) is 18.2 Å². The summed E-state index contributed by atoms with van der Waals surface area (Å²) in [4.78, 5) is 11.7. The predicted molar refractivity (Wildman–Crippen MR) is 75.3 cm³/mol. The molecule has 3 rings (SSSR count). The van der Waals surface area contributed by atoms with Crippen molar-refractivity contribution < 1.29 is 23.7 Å². The standard InChI is InChI=1S/C15H14N2O5/c18-14(9-20-15-3-1-2-6-17(15)19)16-8-11-4-5-12-13(7-11)22-10-21-12/h1-7H,8-10H2,(H,16,18). The Balaban J connectivity index is 1.49. The van der Waals surface area contributed by atoms with Crippen LogP contribution >= 0.6 is 0 Å². The second-order valence-electron chi connectivity index (χ2n) is 4.62. The van der Waals surface area contributed by atoms with Crippen molar-refractivity contribution in [2.75, 3.05) is 13.4 Å². The summed E-state index contributed by atoms with van der Waals surface area (Å²) in [5.74, 6) is 1.13. The Morgan fingerprint density at radius 3 is 3.00 bits per heavy atom. The molecule has 0 radical (unpaired) electrons. The molecule has 7 heteroatoms. The van der Waals surface area contributed by atoms with E-state index in [1.165, 1.54) is 12.3 Å². The lowest BCUT2D eigenvalue weighted by molar-refractivity contribution is -0.612. The fourth-order valence-electron chi connectivity index (χ4n) is 1.97. The number of nitrogens with zero attached hydrogens (tertiary/aromatic N) is 1. The van der Waals surface area contributed by atoms with E-state index in [2.05, 4.69) is 5.32 Å². The minimum atomic E-state index is -0.318. The summed E-state index contributed by atoms with van der Waals surface area (Å²) in [6.45, 7) is 0.326. The van der Waals surface area contributed by atoms with Gasteiger partial charge in [0, 0.05) is 12.6 Å². The molecule has 0 aliphatic carbocycles. The fraction of sp³-hybridized carbons (Fsp3) is 0.200. The van der Waals surface area contributed by atoms with Crippen molar-refractivity contribution >= 4 is 5.91 Å². The Bertz CT molecular complexity index is 689. The number of fused-ring (bicyclic) bond motifs is 1. The molecular weight excluding hydrogens is 288 g/mol. The topological polar surface area (TPSA) is 83.7 Å². The first-order valence-electron chi connectivity index (χ1n) is 6.68. The monoisotopic (exact) mass is 302 g/mol. The molecule has 0 atom stereocenters. The number of hydrogen-bond acceptors (Lipinski definition) is 5. The van der Waals surface area contributed by atoms with E-state index in [1.807, 2.05) is 12.1 Å². The highest BCUT2D eigenvalue weighted by Gasteiger charge is 2.13. The number of benzene rings is 1. The highest BCUT2D eigenvalue weighted by atomic mass is 16.7. The van der Waals surface area contributed by atoms with Crippen LogP contribution in [0, 0.1) is 5.21 Å². The van der Waals surface area contributed by atoms with Gasteiger partial charge in [0.2, 0.25) is 6.79 Å². The van der Waals surface area contributed by atoms with Crippen molar-refractivity contribution in [2.45, 2.75) is 6.54 Å². The van der Waals surface area contributed by atoms with E-state index < -0.39 is 0 Å². The molecule has 2 heterocycles. The van der Waals surface area contributed by atoms with E-state index >= 15 is 0 Å². The summed E-state index contributed by atoms with van der Waals surface area (Å²) in [5, 5.41) is 14.1. The van der Waals surface area contributed by atoms with Crippen molar-refractivity contribution in [3.8, 4) is 17.4 Å². The summed E-state index contributed by atoms with van der Waals surface area (Å²) in [6.07, 6.45) is 1.31. The van der Waals surface area contributed by atoms with Gasteiger partial charge in [-0.2, -0.15) is 0 Å². The van der Waals surface area contributed by atoms with Gasteiger partial charge in [0.05, 0.1) is 6.07 Å². The normalized spacial score (nSPS) is 12.0. The maximum absolute atomic E-state index is 11.7. The molecule has 2 aromatic rings. The SMILES string of the molecule is O=C(COc1cccc[n+]1[O-])NCc1ccc2c(c1)OCO2. The first-order chi connectivity index (χ1) is 10.7. The van der Waals surface area contributed by atoms with Crippen LogP contribution in [0.4, 0.5) is 0 Å². The van der Waals surface area contributed by atoms with Crippen LogP contribution in [0.15, 0.2) is 42.6 Å². The number of ether oxygens (including phenoxy) is 3. The molecule has 0 saturated heterocycles. The average Bonchev–Trinajstić information content (AvgIpc) is 2.99. The number of carbonyl (C=O) groups excluding carboxylic acids is 1. The number of carbonyl (C=O) groups is 1. The van der Waals surface area contributed by atoms with Gasteiger partial charge >= 0.3 is 5.88 Å². The molecule has 1 aromatic heterocycles. The highest BCUT2D eigenvalue weighted by molar-refractivity contribution is 5.77. The molecule has 7 nitrogen and oxygen atoms in total. The molecule has 0 fully saturated rings. The van der Waals surface area contributed by atoms with Crippen LogP contribution in [0.5, 0.6) is 17.4 Å². The lowest BCUT2D eigenvalue weighted by Gasteiger charge is -2.07. The summed E-state index contributed by atoms with van der Waals surface area (Å²) in [7, 11) is 0. The van der Waals surface area contributed by atoms with Crippen molar-refractivity contribution in [3.05, 3.63) is 53.4 Å². The van der Waals surface area contributed by atoms with E-state index in [9.17, 15) is 10.0 Å². The van der Waals surface area contributed by atoms with Crippen molar-refractivity contribution in [1.82, 2.24) is 5.32 Å². The quantitative estimate of drug-likeness (QED) is 0.650. The maximum atomic E-state index is 11.7. The van der Waals surface area contributed by atoms with Gasteiger partial charge in [-0.05, 0) is 23.8 Å². The van der Waals surface area contributed by atoms with Gasteiger partial charge < -0.3 is 24.7 Å². The second kappa shape index (κ2) is 6.21. The van der Waals surface area contributed by atoms with E-state index in [4.69, 9.17) is 14.2 Å². The minimum Gasteiger partial charge on any atom is -0.616 e. The molecule has 1 aromatic carbocycles. The summed E-state index contributed by atoms with van der Waals surface area (Å²) < 4.78 is 16.2. The van der Waals surface area contributed by atoms with Crippen LogP contribution in [0.1, 0.15) is 5.56 Å². The van der Waals surface area contributed by atoms with Gasteiger partial charge in [0.1, 0.15) is 0 Å². The molecule has 1 aliphatic rings. The predicted octanol–water partition coefficient (Wildman–Crippen LogP) is 0.744. The molecular formula is C15H14N2O5. The molecule has 0 unspecified atom stereocenters. The zero-order valence-corrected chi connectivity index (χ0v) is 11.7. The van der Waals surface area contributed by atoms with Crippen LogP contribution in [0.3, 0.4) is 0 Å². The smallest absolute Gasteiger partial charge is 0.379 e. The van der Waals surface area contributed by atoms with Gasteiger partial charge in [0.15, 0.2) is 24.3 Å². The molecule has 1 N–H and O–H groups in total. The fourth-order valence-corrected chi connectivity index (χ4v) is 1.97. The zero-order valence-electron chi connectivity index (χ0n) is 11.7. The highest BCUT2D eigenvalue weighted by Crippen LogP contribution is 2.32. The first kappa shape index (κ1) is 14.0. The maximum Gasteiger partial charge on any atom is 0.379 e. The Morgan fingerprint density at radius 1 is 1.27 bits per heavy atom. The summed E-state index contributed by atoms with van der Waals surface area (Å²) in [6, 6.07) is 10.2. The largest absolute Gasteiger partial charge is 0.616 e. The van der Waals surface area contributed by atoms with Crippen LogP contribution in [0.2, 0.25) is 0 Å². The van der Waals surface area contributed by atoms with E-state index in [-0.39, 0.29) is 25.2 Å². The van der Waals surface area contributed by atoms with E-state index in [0.717, 1.165) is 5.56 Å². The molecule has 22 heavy (non-hydrogen) atoms. The van der Waals surface area contributed by atoms with Crippen molar-refractivity contribution in [1.29, 1.82) is 0 Å². The van der Waals surface area contributed by atoms with E-state index in [0.29, 0.717) is 22.8 Å². The number of rotatable bonds is 5. The Hall–Kier alpha value is -2.96. The van der Waals surface area contributed by atoms with Crippen molar-refractivity contribution in [3.63, 3.8) is 0 Å². The number of nitrogens with one attached hydrogen (secondary N) is 1. The third kappa shape index (κ3) is 3.20. The zero-order chi connectivity index (χ0) is 15.4. The second-order valence-corrected chi connectivity index (χ2v) is 4.62.